The summed E-state index contributed by atoms with van der Waals surface area (Å²) in [6.45, 7) is 2.75. The molecular formula is C24H22F3N. The standard InChI is InChI=1S/C24H22F3N/c25-24(26,27)23-9-7-20(8-10-23)21-12-15-28(16-13-21)14-11-18-5-6-19-3-1-2-4-22(19)17-18/h1-10,12,17H,11,13-16H2. The van der Waals surface area contributed by atoms with Crippen molar-refractivity contribution in [1.82, 2.24) is 4.90 Å². The van der Waals surface area contributed by atoms with Crippen molar-refractivity contribution in [2.75, 3.05) is 19.6 Å². The molecule has 0 spiro atoms. The quantitative estimate of drug-likeness (QED) is 0.521. The Kier molecular flexibility index (Phi) is 5.23. The van der Waals surface area contributed by atoms with Crippen LogP contribution in [0.4, 0.5) is 13.2 Å². The molecule has 0 amide bonds. The van der Waals surface area contributed by atoms with Gasteiger partial charge in [-0.3, -0.25) is 4.90 Å². The Morgan fingerprint density at radius 3 is 2.29 bits per heavy atom. The van der Waals surface area contributed by atoms with Gasteiger partial charge in [0.05, 0.1) is 5.56 Å². The molecule has 1 nitrogen and oxygen atoms in total. The fraction of sp³-hybridized carbons (Fsp3) is 0.250. The molecule has 1 aliphatic heterocycles. The molecule has 0 bridgehead atoms. The van der Waals surface area contributed by atoms with Crippen molar-refractivity contribution >= 4 is 16.3 Å². The third-order valence-corrected chi connectivity index (χ3v) is 5.41. The molecule has 4 heteroatoms. The van der Waals surface area contributed by atoms with Gasteiger partial charge in [-0.25, -0.2) is 0 Å². The van der Waals surface area contributed by atoms with Crippen molar-refractivity contribution in [3.05, 3.63) is 89.5 Å². The predicted octanol–water partition coefficient (Wildman–Crippen LogP) is 6.19. The number of halogens is 3. The van der Waals surface area contributed by atoms with Gasteiger partial charge in [-0.05, 0) is 52.4 Å². The summed E-state index contributed by atoms with van der Waals surface area (Å²) in [5.41, 5.74) is 2.76. The summed E-state index contributed by atoms with van der Waals surface area (Å²) in [5.74, 6) is 0. The molecular weight excluding hydrogens is 359 g/mol. The van der Waals surface area contributed by atoms with Crippen molar-refractivity contribution in [1.29, 1.82) is 0 Å². The lowest BCUT2D eigenvalue weighted by Gasteiger charge is -2.26. The molecule has 144 valence electrons. The van der Waals surface area contributed by atoms with Crippen LogP contribution in [0.25, 0.3) is 16.3 Å². The molecule has 3 aromatic rings. The van der Waals surface area contributed by atoms with Gasteiger partial charge >= 0.3 is 6.18 Å². The van der Waals surface area contributed by atoms with E-state index in [9.17, 15) is 13.2 Å². The molecule has 3 aromatic carbocycles. The second-order valence-electron chi connectivity index (χ2n) is 7.29. The maximum Gasteiger partial charge on any atom is 0.416 e. The topological polar surface area (TPSA) is 3.24 Å². The van der Waals surface area contributed by atoms with Crippen LogP contribution < -0.4 is 0 Å². The summed E-state index contributed by atoms with van der Waals surface area (Å²) in [4.78, 5) is 2.39. The molecule has 4 rings (SSSR count). The first kappa shape index (κ1) is 18.8. The summed E-state index contributed by atoms with van der Waals surface area (Å²) < 4.78 is 38.1. The molecule has 0 N–H and O–H groups in total. The number of alkyl halides is 3. The van der Waals surface area contributed by atoms with Crippen LogP contribution in [0.15, 0.2) is 72.8 Å². The fourth-order valence-corrected chi connectivity index (χ4v) is 3.73. The Balaban J connectivity index is 1.35. The summed E-state index contributed by atoms with van der Waals surface area (Å²) in [7, 11) is 0. The maximum absolute atomic E-state index is 12.7. The zero-order chi connectivity index (χ0) is 19.6. The minimum Gasteiger partial charge on any atom is -0.299 e. The lowest BCUT2D eigenvalue weighted by atomic mass is 9.98. The predicted molar refractivity (Wildman–Crippen MR) is 108 cm³/mol. The lowest BCUT2D eigenvalue weighted by molar-refractivity contribution is -0.137. The minimum atomic E-state index is -4.28. The smallest absolute Gasteiger partial charge is 0.299 e. The Morgan fingerprint density at radius 2 is 1.61 bits per heavy atom. The zero-order valence-electron chi connectivity index (χ0n) is 15.5. The third-order valence-electron chi connectivity index (χ3n) is 5.41. The molecule has 0 saturated heterocycles. The second kappa shape index (κ2) is 7.80. The van der Waals surface area contributed by atoms with E-state index in [1.165, 1.54) is 28.5 Å². The average molecular weight is 381 g/mol. The number of fused-ring (bicyclic) bond motifs is 1. The van der Waals surface area contributed by atoms with Crippen LogP contribution in [0.1, 0.15) is 23.1 Å². The molecule has 0 atom stereocenters. The number of nitrogens with zero attached hydrogens (tertiary/aromatic N) is 1. The number of benzene rings is 3. The SMILES string of the molecule is FC(F)(F)c1ccc(C2=CCN(CCc3ccc4ccccc4c3)CC2)cc1. The van der Waals surface area contributed by atoms with Gasteiger partial charge in [0.2, 0.25) is 0 Å². The molecule has 0 unspecified atom stereocenters. The van der Waals surface area contributed by atoms with Gasteiger partial charge in [-0.1, -0.05) is 60.7 Å². The Labute approximate surface area is 163 Å². The summed E-state index contributed by atoms with van der Waals surface area (Å²) in [6, 6.07) is 20.5. The minimum absolute atomic E-state index is 0.593. The van der Waals surface area contributed by atoms with E-state index in [0.717, 1.165) is 43.6 Å². The third kappa shape index (κ3) is 4.28. The van der Waals surface area contributed by atoms with E-state index >= 15 is 0 Å². The highest BCUT2D eigenvalue weighted by Crippen LogP contribution is 2.31. The van der Waals surface area contributed by atoms with Crippen LogP contribution in [-0.4, -0.2) is 24.5 Å². The van der Waals surface area contributed by atoms with E-state index in [-0.39, 0.29) is 0 Å². The molecule has 1 heterocycles. The van der Waals surface area contributed by atoms with Gasteiger partial charge in [0.15, 0.2) is 0 Å². The molecule has 1 aliphatic rings. The van der Waals surface area contributed by atoms with Crippen molar-refractivity contribution < 1.29 is 13.2 Å². The number of rotatable bonds is 4. The van der Waals surface area contributed by atoms with E-state index in [1.807, 2.05) is 0 Å². The van der Waals surface area contributed by atoms with E-state index < -0.39 is 11.7 Å². The summed E-state index contributed by atoms with van der Waals surface area (Å²) in [6.07, 6.45) is -0.275. The van der Waals surface area contributed by atoms with Gasteiger partial charge in [-0.2, -0.15) is 13.2 Å². The van der Waals surface area contributed by atoms with E-state index in [4.69, 9.17) is 0 Å². The Bertz CT molecular complexity index is 987. The molecule has 0 aliphatic carbocycles. The lowest BCUT2D eigenvalue weighted by Crippen LogP contribution is -2.30. The van der Waals surface area contributed by atoms with E-state index in [0.29, 0.717) is 0 Å². The molecule has 0 aromatic heterocycles. The van der Waals surface area contributed by atoms with Crippen molar-refractivity contribution in [2.24, 2.45) is 0 Å². The number of hydrogen-bond donors (Lipinski definition) is 0. The molecule has 0 saturated carbocycles. The van der Waals surface area contributed by atoms with Crippen LogP contribution >= 0.6 is 0 Å². The molecule has 0 radical (unpaired) electrons. The van der Waals surface area contributed by atoms with Crippen molar-refractivity contribution in [2.45, 2.75) is 19.0 Å². The van der Waals surface area contributed by atoms with E-state index in [1.54, 1.807) is 12.1 Å². The van der Waals surface area contributed by atoms with Crippen molar-refractivity contribution in [3.8, 4) is 0 Å². The van der Waals surface area contributed by atoms with Crippen molar-refractivity contribution in [3.63, 3.8) is 0 Å². The Morgan fingerprint density at radius 1 is 0.857 bits per heavy atom. The van der Waals surface area contributed by atoms with Gasteiger partial charge in [-0.15, -0.1) is 0 Å². The van der Waals surface area contributed by atoms with Crippen LogP contribution in [-0.2, 0) is 12.6 Å². The van der Waals surface area contributed by atoms with Gasteiger partial charge in [0.25, 0.3) is 0 Å². The van der Waals surface area contributed by atoms with Crippen LogP contribution in [0.3, 0.4) is 0 Å². The average Bonchev–Trinajstić information content (AvgIpc) is 2.72. The molecule has 0 fully saturated rings. The first-order valence-corrected chi connectivity index (χ1v) is 9.56. The van der Waals surface area contributed by atoms with Crippen LogP contribution in [0, 0.1) is 0 Å². The summed E-state index contributed by atoms with van der Waals surface area (Å²) in [5, 5.41) is 2.52. The highest BCUT2D eigenvalue weighted by molar-refractivity contribution is 5.83. The highest BCUT2D eigenvalue weighted by Gasteiger charge is 2.30. The van der Waals surface area contributed by atoms with Gasteiger partial charge in [0.1, 0.15) is 0 Å². The first-order chi connectivity index (χ1) is 13.5. The van der Waals surface area contributed by atoms with Gasteiger partial charge in [0, 0.05) is 19.6 Å². The number of hydrogen-bond acceptors (Lipinski definition) is 1. The summed E-state index contributed by atoms with van der Waals surface area (Å²) >= 11 is 0. The highest BCUT2D eigenvalue weighted by atomic mass is 19.4. The monoisotopic (exact) mass is 381 g/mol. The maximum atomic E-state index is 12.7. The largest absolute Gasteiger partial charge is 0.416 e. The first-order valence-electron chi connectivity index (χ1n) is 9.56. The van der Waals surface area contributed by atoms with Crippen LogP contribution in [0.2, 0.25) is 0 Å². The van der Waals surface area contributed by atoms with Crippen LogP contribution in [0.5, 0.6) is 0 Å². The van der Waals surface area contributed by atoms with E-state index in [2.05, 4.69) is 53.4 Å². The Hall–Kier alpha value is -2.59. The second-order valence-corrected chi connectivity index (χ2v) is 7.29. The molecule has 28 heavy (non-hydrogen) atoms. The zero-order valence-corrected chi connectivity index (χ0v) is 15.5. The normalized spacial score (nSPS) is 15.6. The van der Waals surface area contributed by atoms with Gasteiger partial charge < -0.3 is 0 Å². The fourth-order valence-electron chi connectivity index (χ4n) is 3.73.